The molecule has 7 heteroatoms. The van der Waals surface area contributed by atoms with Gasteiger partial charge in [-0.25, -0.2) is 5.43 Å². The second kappa shape index (κ2) is 5.57. The monoisotopic (exact) mass is 370 g/mol. The molecule has 0 aliphatic carbocycles. The number of carbonyl (C=O) groups is 1. The number of carbonyl (C=O) groups excluding carboxylic acids is 1. The van der Waals surface area contributed by atoms with Gasteiger partial charge in [0.2, 0.25) is 0 Å². The Labute approximate surface area is 136 Å². The second-order valence-electron chi connectivity index (χ2n) is 5.37. The smallest absolute Gasteiger partial charge is 0.252 e. The average molecular weight is 372 g/mol. The van der Waals surface area contributed by atoms with Crippen LogP contribution in [0.4, 0.5) is 5.69 Å². The average Bonchev–Trinajstić information content (AvgIpc) is 2.77. The first-order valence-electron chi connectivity index (χ1n) is 7.00. The minimum atomic E-state index is -0.419. The Balaban J connectivity index is 1.83. The maximum atomic E-state index is 12.2. The van der Waals surface area contributed by atoms with Crippen LogP contribution in [0.25, 0.3) is 0 Å². The molecule has 1 aromatic rings. The van der Waals surface area contributed by atoms with Crippen LogP contribution in [0, 0.1) is 5.41 Å². The first-order valence-corrected chi connectivity index (χ1v) is 8.17. The highest BCUT2D eigenvalue weighted by atomic mass is 79.9. The van der Waals surface area contributed by atoms with Gasteiger partial charge in [0.15, 0.2) is 0 Å². The van der Waals surface area contributed by atoms with E-state index in [0.717, 1.165) is 48.2 Å². The number of hydrogen-bond acceptors (Lipinski definition) is 4. The maximum Gasteiger partial charge on any atom is 0.252 e. The summed E-state index contributed by atoms with van der Waals surface area (Å²) in [4.78, 5) is 18.5. The van der Waals surface area contributed by atoms with E-state index in [1.54, 1.807) is 12.4 Å². The Morgan fingerprint density at radius 3 is 2.76 bits per heavy atom. The number of amides is 1. The highest BCUT2D eigenvalue weighted by molar-refractivity contribution is 9.10. The van der Waals surface area contributed by atoms with E-state index in [4.69, 9.17) is 11.6 Å². The van der Waals surface area contributed by atoms with Crippen molar-refractivity contribution in [1.29, 1.82) is 0 Å². The van der Waals surface area contributed by atoms with Crippen molar-refractivity contribution in [3.63, 3.8) is 0 Å². The van der Waals surface area contributed by atoms with E-state index in [2.05, 4.69) is 36.3 Å². The number of pyridine rings is 1. The fourth-order valence-electron chi connectivity index (χ4n) is 3.22. The summed E-state index contributed by atoms with van der Waals surface area (Å²) in [7, 11) is 0. The van der Waals surface area contributed by atoms with Crippen LogP contribution in [0.5, 0.6) is 0 Å². The van der Waals surface area contributed by atoms with Crippen LogP contribution < -0.4 is 10.3 Å². The van der Waals surface area contributed by atoms with Crippen molar-refractivity contribution in [1.82, 2.24) is 10.4 Å². The van der Waals surface area contributed by atoms with Gasteiger partial charge in [0.1, 0.15) is 0 Å². The number of halogens is 2. The minimum absolute atomic E-state index is 0.0406. The molecule has 0 aromatic carbocycles. The number of piperidine rings is 1. The summed E-state index contributed by atoms with van der Waals surface area (Å²) >= 11 is 9.76. The van der Waals surface area contributed by atoms with Crippen LogP contribution in [0.3, 0.4) is 0 Å². The predicted molar refractivity (Wildman–Crippen MR) is 86.7 cm³/mol. The normalized spacial score (nSPS) is 20.6. The Kier molecular flexibility index (Phi) is 3.92. The lowest BCUT2D eigenvalue weighted by atomic mass is 9.73. The summed E-state index contributed by atoms with van der Waals surface area (Å²) in [5.74, 6) is 0.0406. The van der Waals surface area contributed by atoms with Gasteiger partial charge >= 0.3 is 0 Å². The lowest BCUT2D eigenvalue weighted by Gasteiger charge is -2.39. The van der Waals surface area contributed by atoms with Crippen LogP contribution in [-0.4, -0.2) is 29.7 Å². The molecule has 1 spiro atoms. The lowest BCUT2D eigenvalue weighted by molar-refractivity contribution is -0.127. The molecule has 0 bridgehead atoms. The zero-order valence-corrected chi connectivity index (χ0v) is 14.0. The molecular formula is C14H16BrClN4O. The molecule has 3 rings (SSSR count). The minimum Gasteiger partial charge on any atom is -0.369 e. The van der Waals surface area contributed by atoms with Gasteiger partial charge in [-0.3, -0.25) is 9.78 Å². The predicted octanol–water partition coefficient (Wildman–Crippen LogP) is 2.98. The van der Waals surface area contributed by atoms with Gasteiger partial charge in [0.25, 0.3) is 5.91 Å². The highest BCUT2D eigenvalue weighted by Gasteiger charge is 2.48. The Morgan fingerprint density at radius 1 is 1.43 bits per heavy atom. The molecule has 0 radical (unpaired) electrons. The van der Waals surface area contributed by atoms with Gasteiger partial charge in [0.05, 0.1) is 26.3 Å². The van der Waals surface area contributed by atoms with Crippen molar-refractivity contribution < 1.29 is 4.79 Å². The van der Waals surface area contributed by atoms with E-state index in [9.17, 15) is 4.79 Å². The van der Waals surface area contributed by atoms with Gasteiger partial charge in [-0.2, -0.15) is 5.10 Å². The Hall–Kier alpha value is -1.14. The van der Waals surface area contributed by atoms with Gasteiger partial charge in [0, 0.05) is 25.5 Å². The van der Waals surface area contributed by atoms with Gasteiger partial charge in [-0.1, -0.05) is 18.5 Å². The Morgan fingerprint density at radius 2 is 2.14 bits per heavy atom. The van der Waals surface area contributed by atoms with E-state index in [1.807, 2.05) is 6.92 Å². The van der Waals surface area contributed by atoms with Crippen molar-refractivity contribution in [3.8, 4) is 0 Å². The van der Waals surface area contributed by atoms with Crippen LogP contribution in [0.15, 0.2) is 22.0 Å². The molecule has 21 heavy (non-hydrogen) atoms. The van der Waals surface area contributed by atoms with E-state index in [-0.39, 0.29) is 5.91 Å². The summed E-state index contributed by atoms with van der Waals surface area (Å²) in [5.41, 5.74) is 4.16. The molecule has 0 atom stereocenters. The molecule has 112 valence electrons. The molecule has 5 nitrogen and oxygen atoms in total. The van der Waals surface area contributed by atoms with E-state index >= 15 is 0 Å². The summed E-state index contributed by atoms with van der Waals surface area (Å²) in [6.45, 7) is 3.59. The van der Waals surface area contributed by atoms with Crippen molar-refractivity contribution in [3.05, 3.63) is 21.9 Å². The Bertz CT molecular complexity index is 591. The molecule has 1 N–H and O–H groups in total. The van der Waals surface area contributed by atoms with Crippen molar-refractivity contribution in [2.75, 3.05) is 18.0 Å². The molecule has 3 heterocycles. The largest absolute Gasteiger partial charge is 0.369 e. The number of aromatic nitrogens is 1. The quantitative estimate of drug-likeness (QED) is 0.869. The molecular weight excluding hydrogens is 356 g/mol. The van der Waals surface area contributed by atoms with E-state index in [1.165, 1.54) is 0 Å². The first-order chi connectivity index (χ1) is 10.1. The molecule has 2 aliphatic rings. The lowest BCUT2D eigenvalue weighted by Crippen LogP contribution is -2.48. The number of nitrogens with one attached hydrogen (secondary N) is 1. The number of hydrogen-bond donors (Lipinski definition) is 1. The van der Waals surface area contributed by atoms with E-state index < -0.39 is 5.41 Å². The molecule has 0 unspecified atom stereocenters. The third kappa shape index (κ3) is 2.34. The number of anilines is 1. The van der Waals surface area contributed by atoms with Crippen molar-refractivity contribution in [2.45, 2.75) is 26.2 Å². The standard InChI is InChI=1S/C14H16BrClN4O/c1-2-11-14(13(21)19-18-11)3-5-20(6-4-14)12-9(15)7-17-8-10(12)16/h7-8H,2-6H2,1H3,(H,19,21). The third-order valence-electron chi connectivity index (χ3n) is 4.38. The van der Waals surface area contributed by atoms with Crippen LogP contribution in [-0.2, 0) is 4.79 Å². The zero-order valence-electron chi connectivity index (χ0n) is 11.7. The van der Waals surface area contributed by atoms with Crippen LogP contribution in [0.1, 0.15) is 26.2 Å². The molecule has 1 aromatic heterocycles. The molecule has 1 fully saturated rings. The van der Waals surface area contributed by atoms with Crippen molar-refractivity contribution in [2.24, 2.45) is 10.5 Å². The van der Waals surface area contributed by atoms with Gasteiger partial charge in [-0.15, -0.1) is 0 Å². The first kappa shape index (κ1) is 14.8. The molecule has 1 saturated heterocycles. The summed E-state index contributed by atoms with van der Waals surface area (Å²) < 4.78 is 0.881. The van der Waals surface area contributed by atoms with Crippen LogP contribution in [0.2, 0.25) is 5.02 Å². The fourth-order valence-corrected chi connectivity index (χ4v) is 4.19. The van der Waals surface area contributed by atoms with Gasteiger partial charge < -0.3 is 4.90 Å². The summed E-state index contributed by atoms with van der Waals surface area (Å²) in [6.07, 6.45) is 5.71. The molecule has 0 saturated carbocycles. The summed E-state index contributed by atoms with van der Waals surface area (Å²) in [5, 5.41) is 4.82. The zero-order chi connectivity index (χ0) is 15.0. The van der Waals surface area contributed by atoms with Crippen molar-refractivity contribution >= 4 is 44.8 Å². The fraction of sp³-hybridized carbons (Fsp3) is 0.500. The maximum absolute atomic E-state index is 12.2. The van der Waals surface area contributed by atoms with Crippen LogP contribution >= 0.6 is 27.5 Å². The number of nitrogens with zero attached hydrogens (tertiary/aromatic N) is 3. The van der Waals surface area contributed by atoms with E-state index in [0.29, 0.717) is 5.02 Å². The third-order valence-corrected chi connectivity index (χ3v) is 5.23. The van der Waals surface area contributed by atoms with Gasteiger partial charge in [-0.05, 0) is 35.2 Å². The number of hydrazone groups is 1. The summed E-state index contributed by atoms with van der Waals surface area (Å²) in [6, 6.07) is 0. The molecule has 1 amide bonds. The second-order valence-corrected chi connectivity index (χ2v) is 6.64. The SMILES string of the molecule is CCC1=NNC(=O)C12CCN(c1c(Cl)cncc1Br)CC2. The highest BCUT2D eigenvalue weighted by Crippen LogP contribution is 2.41. The molecule has 2 aliphatic heterocycles. The number of rotatable bonds is 2. The topological polar surface area (TPSA) is 57.6 Å².